The van der Waals surface area contributed by atoms with Gasteiger partial charge >= 0.3 is 0 Å². The van der Waals surface area contributed by atoms with Crippen molar-refractivity contribution in [2.45, 2.75) is 44.7 Å². The molecule has 3 aromatic heterocycles. The van der Waals surface area contributed by atoms with Crippen LogP contribution in [0, 0.1) is 6.92 Å². The van der Waals surface area contributed by atoms with Crippen LogP contribution < -0.4 is 10.9 Å². The Morgan fingerprint density at radius 3 is 2.73 bits per heavy atom. The van der Waals surface area contributed by atoms with Crippen LogP contribution >= 0.6 is 0 Å². The van der Waals surface area contributed by atoms with Crippen molar-refractivity contribution in [2.75, 3.05) is 5.32 Å². The number of aryl methyl sites for hydroxylation is 1. The van der Waals surface area contributed by atoms with E-state index >= 15 is 0 Å². The van der Waals surface area contributed by atoms with Gasteiger partial charge in [0.15, 0.2) is 5.82 Å². The molecule has 0 aromatic carbocycles. The van der Waals surface area contributed by atoms with Crippen LogP contribution in [0.5, 0.6) is 0 Å². The summed E-state index contributed by atoms with van der Waals surface area (Å²) in [6, 6.07) is 7.79. The highest BCUT2D eigenvalue weighted by molar-refractivity contribution is 5.43. The summed E-state index contributed by atoms with van der Waals surface area (Å²) in [5.41, 5.74) is 2.03. The fourth-order valence-corrected chi connectivity index (χ4v) is 3.46. The molecular formula is C18H21N7O. The summed E-state index contributed by atoms with van der Waals surface area (Å²) in [5.74, 6) is 0.606. The molecule has 26 heavy (non-hydrogen) atoms. The fraction of sp³-hybridized carbons (Fsp3) is 0.389. The average Bonchev–Trinajstić information content (AvgIpc) is 3.18. The summed E-state index contributed by atoms with van der Waals surface area (Å²) in [6.07, 6.45) is 8.66. The monoisotopic (exact) mass is 351 g/mol. The van der Waals surface area contributed by atoms with Gasteiger partial charge in [-0.2, -0.15) is 5.10 Å². The minimum Gasteiger partial charge on any atom is -0.382 e. The van der Waals surface area contributed by atoms with E-state index in [9.17, 15) is 4.79 Å². The Kier molecular flexibility index (Phi) is 4.47. The van der Waals surface area contributed by atoms with E-state index in [1.54, 1.807) is 27.8 Å². The zero-order valence-electron chi connectivity index (χ0n) is 14.6. The van der Waals surface area contributed by atoms with Gasteiger partial charge in [0.05, 0.1) is 6.04 Å². The summed E-state index contributed by atoms with van der Waals surface area (Å²) in [7, 11) is 0. The zero-order chi connectivity index (χ0) is 17.9. The summed E-state index contributed by atoms with van der Waals surface area (Å²) in [6.45, 7) is 1.99. The van der Waals surface area contributed by atoms with Crippen molar-refractivity contribution in [1.29, 1.82) is 0 Å². The molecule has 1 aliphatic carbocycles. The molecule has 0 radical (unpaired) electrons. The van der Waals surface area contributed by atoms with Crippen LogP contribution in [0.25, 0.3) is 5.82 Å². The molecular weight excluding hydrogens is 330 g/mol. The molecule has 0 amide bonds. The highest BCUT2D eigenvalue weighted by atomic mass is 16.1. The molecule has 0 bridgehead atoms. The van der Waals surface area contributed by atoms with Crippen LogP contribution in [0.4, 0.5) is 5.69 Å². The van der Waals surface area contributed by atoms with Gasteiger partial charge in [-0.05, 0) is 50.8 Å². The maximum absolute atomic E-state index is 12.3. The predicted molar refractivity (Wildman–Crippen MR) is 97.3 cm³/mol. The molecule has 0 aliphatic heterocycles. The van der Waals surface area contributed by atoms with Gasteiger partial charge in [0.2, 0.25) is 0 Å². The lowest BCUT2D eigenvalue weighted by Gasteiger charge is -2.30. The van der Waals surface area contributed by atoms with Gasteiger partial charge in [0.1, 0.15) is 12.7 Å². The molecule has 1 saturated carbocycles. The van der Waals surface area contributed by atoms with E-state index in [0.29, 0.717) is 11.9 Å². The molecule has 1 aliphatic rings. The van der Waals surface area contributed by atoms with Crippen LogP contribution in [0.15, 0.2) is 47.9 Å². The molecule has 1 N–H and O–H groups in total. The Balaban J connectivity index is 1.45. The summed E-state index contributed by atoms with van der Waals surface area (Å²) in [5, 5.41) is 12.1. The van der Waals surface area contributed by atoms with Crippen LogP contribution in [0.3, 0.4) is 0 Å². The van der Waals surface area contributed by atoms with E-state index in [1.165, 1.54) is 6.33 Å². The number of aromatic nitrogens is 6. The molecule has 1 fully saturated rings. The van der Waals surface area contributed by atoms with Crippen LogP contribution in [0.1, 0.15) is 37.4 Å². The van der Waals surface area contributed by atoms with Crippen molar-refractivity contribution < 1.29 is 0 Å². The molecule has 0 atom stereocenters. The fourth-order valence-electron chi connectivity index (χ4n) is 3.46. The Bertz CT molecular complexity index is 927. The third-order valence-corrected chi connectivity index (χ3v) is 4.77. The molecule has 8 heteroatoms. The van der Waals surface area contributed by atoms with Gasteiger partial charge < -0.3 is 5.32 Å². The standard InChI is InChI=1S/C18H21N7O/c1-13-10-15(8-9-20-13)22-14-2-4-16(5-3-14)25-18(26)7-6-17(23-25)24-12-19-11-21-24/h6-12,14,16H,2-5H2,1H3,(H,20,22). The first-order valence-corrected chi connectivity index (χ1v) is 8.83. The lowest BCUT2D eigenvalue weighted by atomic mass is 9.91. The molecule has 134 valence electrons. The highest BCUT2D eigenvalue weighted by Crippen LogP contribution is 2.29. The smallest absolute Gasteiger partial charge is 0.267 e. The topological polar surface area (TPSA) is 90.5 Å². The lowest BCUT2D eigenvalue weighted by molar-refractivity contribution is 0.303. The number of nitrogens with zero attached hydrogens (tertiary/aromatic N) is 6. The maximum Gasteiger partial charge on any atom is 0.267 e. The first kappa shape index (κ1) is 16.4. The Hall–Kier alpha value is -3.03. The Morgan fingerprint density at radius 2 is 2.00 bits per heavy atom. The maximum atomic E-state index is 12.3. The summed E-state index contributed by atoms with van der Waals surface area (Å²) in [4.78, 5) is 20.4. The number of hydrogen-bond donors (Lipinski definition) is 1. The van der Waals surface area contributed by atoms with Gasteiger partial charge in [-0.3, -0.25) is 9.78 Å². The van der Waals surface area contributed by atoms with Gasteiger partial charge in [-0.25, -0.2) is 14.3 Å². The second-order valence-electron chi connectivity index (χ2n) is 6.65. The SMILES string of the molecule is Cc1cc(NC2CCC(n3nc(-n4cncn4)ccc3=O)CC2)ccn1. The van der Waals surface area contributed by atoms with E-state index < -0.39 is 0 Å². The third-order valence-electron chi connectivity index (χ3n) is 4.77. The van der Waals surface area contributed by atoms with Crippen molar-refractivity contribution in [3.8, 4) is 5.82 Å². The van der Waals surface area contributed by atoms with E-state index in [4.69, 9.17) is 0 Å². The van der Waals surface area contributed by atoms with Crippen molar-refractivity contribution in [1.82, 2.24) is 29.5 Å². The zero-order valence-corrected chi connectivity index (χ0v) is 14.6. The minimum atomic E-state index is -0.0740. The Labute approximate surface area is 150 Å². The van der Waals surface area contributed by atoms with Gasteiger partial charge in [0, 0.05) is 29.7 Å². The quantitative estimate of drug-likeness (QED) is 0.774. The predicted octanol–water partition coefficient (Wildman–Crippen LogP) is 2.12. The number of nitrogens with one attached hydrogen (secondary N) is 1. The van der Waals surface area contributed by atoms with Crippen molar-refractivity contribution in [2.24, 2.45) is 0 Å². The van der Waals surface area contributed by atoms with Gasteiger partial charge in [-0.1, -0.05) is 0 Å². The first-order chi connectivity index (χ1) is 12.7. The van der Waals surface area contributed by atoms with Gasteiger partial charge in [-0.15, -0.1) is 5.10 Å². The molecule has 0 spiro atoms. The van der Waals surface area contributed by atoms with Crippen molar-refractivity contribution in [3.63, 3.8) is 0 Å². The van der Waals surface area contributed by atoms with Crippen LogP contribution in [-0.4, -0.2) is 35.6 Å². The van der Waals surface area contributed by atoms with Crippen LogP contribution in [-0.2, 0) is 0 Å². The molecule has 4 rings (SSSR count). The number of hydrogen-bond acceptors (Lipinski definition) is 6. The molecule has 0 unspecified atom stereocenters. The normalized spacial score (nSPS) is 20.0. The van der Waals surface area contributed by atoms with E-state index in [-0.39, 0.29) is 11.6 Å². The Morgan fingerprint density at radius 1 is 1.15 bits per heavy atom. The molecule has 0 saturated heterocycles. The first-order valence-electron chi connectivity index (χ1n) is 8.83. The van der Waals surface area contributed by atoms with Crippen molar-refractivity contribution >= 4 is 5.69 Å². The van der Waals surface area contributed by atoms with Crippen molar-refractivity contribution in [3.05, 3.63) is 59.2 Å². The summed E-state index contributed by atoms with van der Waals surface area (Å²) < 4.78 is 3.17. The number of anilines is 1. The van der Waals surface area contributed by atoms with Gasteiger partial charge in [0.25, 0.3) is 5.56 Å². The summed E-state index contributed by atoms with van der Waals surface area (Å²) >= 11 is 0. The minimum absolute atomic E-state index is 0.0740. The molecule has 3 aromatic rings. The van der Waals surface area contributed by atoms with E-state index in [0.717, 1.165) is 37.1 Å². The number of rotatable bonds is 4. The second-order valence-corrected chi connectivity index (χ2v) is 6.65. The second kappa shape index (κ2) is 7.07. The largest absolute Gasteiger partial charge is 0.382 e. The van der Waals surface area contributed by atoms with Crippen LogP contribution in [0.2, 0.25) is 0 Å². The van der Waals surface area contributed by atoms with E-state index in [2.05, 4.69) is 31.5 Å². The average molecular weight is 351 g/mol. The van der Waals surface area contributed by atoms with E-state index in [1.807, 2.05) is 19.2 Å². The molecule has 3 heterocycles. The lowest BCUT2D eigenvalue weighted by Crippen LogP contribution is -2.33. The third kappa shape index (κ3) is 3.49. The number of pyridine rings is 1. The molecule has 8 nitrogen and oxygen atoms in total. The highest BCUT2D eigenvalue weighted by Gasteiger charge is 2.24.